The van der Waals surface area contributed by atoms with Crippen LogP contribution in [0.3, 0.4) is 0 Å². The van der Waals surface area contributed by atoms with Crippen LogP contribution in [0.1, 0.15) is 23.7 Å². The number of nitrogens with two attached hydrogens (primary N) is 1. The fraction of sp³-hybridized carbons (Fsp3) is 0.556. The SMILES string of the molecule is Cc1ccoc1C(CN)CCO. The smallest absolute Gasteiger partial charge is 0.111 e. The molecule has 1 atom stereocenters. The zero-order valence-electron chi connectivity index (χ0n) is 7.29. The first kappa shape index (κ1) is 9.29. The van der Waals surface area contributed by atoms with Crippen molar-refractivity contribution in [1.82, 2.24) is 0 Å². The van der Waals surface area contributed by atoms with Gasteiger partial charge in [-0.15, -0.1) is 0 Å². The summed E-state index contributed by atoms with van der Waals surface area (Å²) >= 11 is 0. The molecule has 0 saturated heterocycles. The Morgan fingerprint density at radius 1 is 1.67 bits per heavy atom. The molecular weight excluding hydrogens is 154 g/mol. The molecule has 0 spiro atoms. The van der Waals surface area contributed by atoms with Gasteiger partial charge in [-0.2, -0.15) is 0 Å². The second-order valence-corrected chi connectivity index (χ2v) is 2.91. The molecular formula is C9H15NO2. The maximum Gasteiger partial charge on any atom is 0.111 e. The number of hydrogen-bond donors (Lipinski definition) is 2. The van der Waals surface area contributed by atoms with E-state index in [-0.39, 0.29) is 12.5 Å². The summed E-state index contributed by atoms with van der Waals surface area (Å²) in [4.78, 5) is 0. The first-order valence-corrected chi connectivity index (χ1v) is 4.14. The molecule has 3 N–H and O–H groups in total. The molecule has 3 heteroatoms. The number of furan rings is 1. The summed E-state index contributed by atoms with van der Waals surface area (Å²) in [5.41, 5.74) is 6.66. The van der Waals surface area contributed by atoms with Gasteiger partial charge in [-0.3, -0.25) is 0 Å². The van der Waals surface area contributed by atoms with Crippen LogP contribution in [0.2, 0.25) is 0 Å². The van der Waals surface area contributed by atoms with Crippen LogP contribution in [-0.2, 0) is 0 Å². The number of rotatable bonds is 4. The maximum atomic E-state index is 8.76. The van der Waals surface area contributed by atoms with Crippen LogP contribution >= 0.6 is 0 Å². The topological polar surface area (TPSA) is 59.4 Å². The number of aryl methyl sites for hydroxylation is 1. The summed E-state index contributed by atoms with van der Waals surface area (Å²) in [6, 6.07) is 1.91. The second kappa shape index (κ2) is 4.28. The molecule has 0 bridgehead atoms. The average molecular weight is 169 g/mol. The van der Waals surface area contributed by atoms with Gasteiger partial charge in [0, 0.05) is 19.1 Å². The van der Waals surface area contributed by atoms with Gasteiger partial charge in [0.05, 0.1) is 6.26 Å². The Hall–Kier alpha value is -0.800. The lowest BCUT2D eigenvalue weighted by molar-refractivity contribution is 0.268. The van der Waals surface area contributed by atoms with E-state index in [9.17, 15) is 0 Å². The summed E-state index contributed by atoms with van der Waals surface area (Å²) in [6.07, 6.45) is 2.33. The van der Waals surface area contributed by atoms with Crippen molar-refractivity contribution in [3.8, 4) is 0 Å². The number of aliphatic hydroxyl groups excluding tert-OH is 1. The Bertz CT molecular complexity index is 232. The van der Waals surface area contributed by atoms with Gasteiger partial charge in [-0.25, -0.2) is 0 Å². The van der Waals surface area contributed by atoms with E-state index in [0.29, 0.717) is 13.0 Å². The monoisotopic (exact) mass is 169 g/mol. The first-order valence-electron chi connectivity index (χ1n) is 4.14. The van der Waals surface area contributed by atoms with Crippen molar-refractivity contribution in [1.29, 1.82) is 0 Å². The number of hydrogen-bond acceptors (Lipinski definition) is 3. The van der Waals surface area contributed by atoms with E-state index in [2.05, 4.69) is 0 Å². The van der Waals surface area contributed by atoms with E-state index in [1.807, 2.05) is 13.0 Å². The molecule has 1 unspecified atom stereocenters. The molecule has 68 valence electrons. The van der Waals surface area contributed by atoms with E-state index in [4.69, 9.17) is 15.3 Å². The van der Waals surface area contributed by atoms with Crippen LogP contribution in [0.25, 0.3) is 0 Å². The lowest BCUT2D eigenvalue weighted by atomic mass is 10.0. The van der Waals surface area contributed by atoms with Crippen molar-refractivity contribution >= 4 is 0 Å². The van der Waals surface area contributed by atoms with E-state index >= 15 is 0 Å². The molecule has 0 fully saturated rings. The Labute approximate surface area is 72.2 Å². The summed E-state index contributed by atoms with van der Waals surface area (Å²) < 4.78 is 5.28. The van der Waals surface area contributed by atoms with Gasteiger partial charge in [0.25, 0.3) is 0 Å². The molecule has 3 nitrogen and oxygen atoms in total. The minimum atomic E-state index is 0.155. The Balaban J connectivity index is 2.72. The highest BCUT2D eigenvalue weighted by Crippen LogP contribution is 2.22. The third kappa shape index (κ3) is 1.87. The van der Waals surface area contributed by atoms with Crippen molar-refractivity contribution in [2.75, 3.05) is 13.2 Å². The fourth-order valence-electron chi connectivity index (χ4n) is 1.31. The zero-order valence-corrected chi connectivity index (χ0v) is 7.29. The van der Waals surface area contributed by atoms with Crippen LogP contribution in [0, 0.1) is 6.92 Å². The van der Waals surface area contributed by atoms with Crippen molar-refractivity contribution in [3.05, 3.63) is 23.7 Å². The van der Waals surface area contributed by atoms with Crippen molar-refractivity contribution in [3.63, 3.8) is 0 Å². The summed E-state index contributed by atoms with van der Waals surface area (Å²) in [5, 5.41) is 8.76. The summed E-state index contributed by atoms with van der Waals surface area (Å²) in [6.45, 7) is 2.66. The Kier molecular flexibility index (Phi) is 3.31. The standard InChI is InChI=1S/C9H15NO2/c1-7-3-5-12-9(7)8(6-10)2-4-11/h3,5,8,11H,2,4,6,10H2,1H3. The number of aliphatic hydroxyl groups is 1. The van der Waals surface area contributed by atoms with Crippen LogP contribution in [0.4, 0.5) is 0 Å². The third-order valence-electron chi connectivity index (χ3n) is 2.03. The van der Waals surface area contributed by atoms with Gasteiger partial charge in [-0.05, 0) is 25.0 Å². The van der Waals surface area contributed by atoms with Gasteiger partial charge < -0.3 is 15.3 Å². The van der Waals surface area contributed by atoms with E-state index in [1.54, 1.807) is 6.26 Å². The van der Waals surface area contributed by atoms with Crippen LogP contribution in [0.5, 0.6) is 0 Å². The summed E-state index contributed by atoms with van der Waals surface area (Å²) in [5.74, 6) is 1.07. The highest BCUT2D eigenvalue weighted by molar-refractivity contribution is 5.18. The quantitative estimate of drug-likeness (QED) is 0.707. The lowest BCUT2D eigenvalue weighted by Gasteiger charge is -2.10. The molecule has 0 aromatic carbocycles. The molecule has 1 rings (SSSR count). The third-order valence-corrected chi connectivity index (χ3v) is 2.03. The molecule has 12 heavy (non-hydrogen) atoms. The van der Waals surface area contributed by atoms with Gasteiger partial charge >= 0.3 is 0 Å². The normalized spacial score (nSPS) is 13.2. The van der Waals surface area contributed by atoms with E-state index in [1.165, 1.54) is 0 Å². The highest BCUT2D eigenvalue weighted by atomic mass is 16.3. The molecule has 0 aliphatic rings. The van der Waals surface area contributed by atoms with Crippen molar-refractivity contribution in [2.45, 2.75) is 19.3 Å². The second-order valence-electron chi connectivity index (χ2n) is 2.91. The maximum absolute atomic E-state index is 8.76. The van der Waals surface area contributed by atoms with E-state index < -0.39 is 0 Å². The van der Waals surface area contributed by atoms with Crippen LogP contribution in [0.15, 0.2) is 16.7 Å². The summed E-state index contributed by atoms with van der Waals surface area (Å²) in [7, 11) is 0. The van der Waals surface area contributed by atoms with E-state index in [0.717, 1.165) is 11.3 Å². The minimum absolute atomic E-state index is 0.155. The largest absolute Gasteiger partial charge is 0.469 e. The van der Waals surface area contributed by atoms with Gasteiger partial charge in [-0.1, -0.05) is 0 Å². The predicted molar refractivity (Wildman–Crippen MR) is 46.9 cm³/mol. The van der Waals surface area contributed by atoms with Crippen LogP contribution < -0.4 is 5.73 Å². The highest BCUT2D eigenvalue weighted by Gasteiger charge is 2.14. The zero-order chi connectivity index (χ0) is 8.97. The molecule has 0 amide bonds. The minimum Gasteiger partial charge on any atom is -0.469 e. The lowest BCUT2D eigenvalue weighted by Crippen LogP contribution is -2.14. The van der Waals surface area contributed by atoms with Crippen molar-refractivity contribution in [2.24, 2.45) is 5.73 Å². The fourth-order valence-corrected chi connectivity index (χ4v) is 1.31. The predicted octanol–water partition coefficient (Wildman–Crippen LogP) is 1.01. The van der Waals surface area contributed by atoms with Gasteiger partial charge in [0.1, 0.15) is 5.76 Å². The molecule has 0 radical (unpaired) electrons. The van der Waals surface area contributed by atoms with Crippen molar-refractivity contribution < 1.29 is 9.52 Å². The van der Waals surface area contributed by atoms with Crippen LogP contribution in [-0.4, -0.2) is 18.3 Å². The van der Waals surface area contributed by atoms with Gasteiger partial charge in [0.2, 0.25) is 0 Å². The molecule has 0 saturated carbocycles. The average Bonchev–Trinajstić information content (AvgIpc) is 2.47. The molecule has 1 heterocycles. The molecule has 0 aliphatic heterocycles. The molecule has 1 aromatic rings. The Morgan fingerprint density at radius 2 is 2.42 bits per heavy atom. The molecule has 0 aliphatic carbocycles. The first-order chi connectivity index (χ1) is 5.79. The van der Waals surface area contributed by atoms with Gasteiger partial charge in [0.15, 0.2) is 0 Å². The molecule has 1 aromatic heterocycles. The Morgan fingerprint density at radius 3 is 2.83 bits per heavy atom.